The first-order chi connectivity index (χ1) is 10.1. The number of halogens is 3. The van der Waals surface area contributed by atoms with E-state index in [1.165, 1.54) is 18.2 Å². The lowest BCUT2D eigenvalue weighted by atomic mass is 10.1. The Hall–Kier alpha value is -0.920. The van der Waals surface area contributed by atoms with E-state index in [4.69, 9.17) is 0 Å². The zero-order valence-electron chi connectivity index (χ0n) is 12.8. The maximum absolute atomic E-state index is 13.8. The Balaban J connectivity index is 0.00000176. The summed E-state index contributed by atoms with van der Waals surface area (Å²) in [5.74, 6) is 0.416. The van der Waals surface area contributed by atoms with Gasteiger partial charge in [-0.1, -0.05) is 13.0 Å². The number of rotatable bonds is 4. The normalized spacial score (nSPS) is 29.5. The number of aliphatic imine (C=N–C) groups is 1. The van der Waals surface area contributed by atoms with Crippen LogP contribution in [0.5, 0.6) is 0 Å². The molecule has 1 aromatic rings. The third-order valence-electron chi connectivity index (χ3n) is 4.23. The molecule has 2 N–H and O–H groups in total. The van der Waals surface area contributed by atoms with E-state index in [9.17, 15) is 8.78 Å². The maximum Gasteiger partial charge on any atom is 0.191 e. The molecule has 0 amide bonds. The molecule has 4 atom stereocenters. The van der Waals surface area contributed by atoms with Crippen LogP contribution in [-0.2, 0) is 0 Å². The number of hydrogen-bond donors (Lipinski definition) is 2. The zero-order valence-corrected chi connectivity index (χ0v) is 15.1. The van der Waals surface area contributed by atoms with Crippen LogP contribution in [0, 0.1) is 17.6 Å². The van der Waals surface area contributed by atoms with E-state index < -0.39 is 11.6 Å². The Morgan fingerprint density at radius 2 is 1.77 bits per heavy atom. The minimum absolute atomic E-state index is 0. The van der Waals surface area contributed by atoms with Gasteiger partial charge < -0.3 is 10.6 Å². The van der Waals surface area contributed by atoms with Gasteiger partial charge in [0.1, 0.15) is 11.6 Å². The van der Waals surface area contributed by atoms with Gasteiger partial charge >= 0.3 is 0 Å². The van der Waals surface area contributed by atoms with Gasteiger partial charge in [-0.3, -0.25) is 4.99 Å². The molecule has 0 heterocycles. The molecule has 6 heteroatoms. The highest BCUT2D eigenvalue weighted by Gasteiger charge is 2.43. The van der Waals surface area contributed by atoms with E-state index in [1.54, 1.807) is 0 Å². The van der Waals surface area contributed by atoms with Crippen molar-refractivity contribution in [2.24, 2.45) is 10.9 Å². The molecule has 0 bridgehead atoms. The fourth-order valence-corrected chi connectivity index (χ4v) is 2.70. The van der Waals surface area contributed by atoms with Crippen molar-refractivity contribution in [3.63, 3.8) is 0 Å². The summed E-state index contributed by atoms with van der Waals surface area (Å²) in [7, 11) is 0. The van der Waals surface area contributed by atoms with Gasteiger partial charge in [0.2, 0.25) is 0 Å². The van der Waals surface area contributed by atoms with Gasteiger partial charge in [-0.15, -0.1) is 24.0 Å². The lowest BCUT2D eigenvalue weighted by Gasteiger charge is -2.12. The van der Waals surface area contributed by atoms with Crippen molar-refractivity contribution in [2.45, 2.75) is 44.7 Å². The van der Waals surface area contributed by atoms with E-state index in [-0.39, 0.29) is 41.5 Å². The third kappa shape index (κ3) is 3.88. The van der Waals surface area contributed by atoms with Crippen LogP contribution in [0.3, 0.4) is 0 Å². The summed E-state index contributed by atoms with van der Waals surface area (Å²) >= 11 is 0. The summed E-state index contributed by atoms with van der Waals surface area (Å²) < 4.78 is 27.5. The Morgan fingerprint density at radius 1 is 1.18 bits per heavy atom. The molecule has 3 nitrogen and oxygen atoms in total. The maximum atomic E-state index is 13.8. The molecule has 2 aliphatic carbocycles. The molecule has 22 heavy (non-hydrogen) atoms. The monoisotopic (exact) mass is 421 g/mol. The smallest absolute Gasteiger partial charge is 0.191 e. The quantitative estimate of drug-likeness (QED) is 0.444. The van der Waals surface area contributed by atoms with E-state index in [2.05, 4.69) is 22.5 Å². The second-order valence-electron chi connectivity index (χ2n) is 6.02. The lowest BCUT2D eigenvalue weighted by Crippen LogP contribution is -2.41. The number of nitrogens with zero attached hydrogens (tertiary/aromatic N) is 1. The summed E-state index contributed by atoms with van der Waals surface area (Å²) in [6, 6.07) is 4.57. The standard InChI is InChI=1S/C16H21F2N3.HI/c1-3-19-16(20-13-7-9(13)2)21-14-8-10(14)15-11(17)5-4-6-12(15)18;/h4-6,9-10,13-14H,3,7-8H2,1-2H3,(H2,19,20,21);1H. The van der Waals surface area contributed by atoms with Crippen molar-refractivity contribution >= 4 is 29.9 Å². The molecule has 0 spiro atoms. The highest BCUT2D eigenvalue weighted by molar-refractivity contribution is 14.0. The van der Waals surface area contributed by atoms with Crippen LogP contribution in [0.25, 0.3) is 0 Å². The number of nitrogens with one attached hydrogen (secondary N) is 2. The predicted octanol–water partition coefficient (Wildman–Crippen LogP) is 3.40. The average Bonchev–Trinajstić information content (AvgIpc) is 3.31. The molecule has 0 aromatic heterocycles. The Kier molecular flexibility index (Phi) is 5.63. The zero-order chi connectivity index (χ0) is 15.0. The van der Waals surface area contributed by atoms with Crippen molar-refractivity contribution in [1.82, 2.24) is 10.6 Å². The summed E-state index contributed by atoms with van der Waals surface area (Å²) in [5, 5.41) is 6.66. The SMILES string of the molecule is CCN=C(NC1CC1C)NC1CC1c1c(F)cccc1F.I. The minimum atomic E-state index is -0.456. The third-order valence-corrected chi connectivity index (χ3v) is 4.23. The fraction of sp³-hybridized carbons (Fsp3) is 0.562. The molecule has 0 saturated heterocycles. The van der Waals surface area contributed by atoms with E-state index in [0.717, 1.165) is 18.8 Å². The van der Waals surface area contributed by atoms with Gasteiger partial charge in [0.15, 0.2) is 5.96 Å². The highest BCUT2D eigenvalue weighted by Crippen LogP contribution is 2.43. The summed E-state index contributed by atoms with van der Waals surface area (Å²) in [6.07, 6.45) is 1.89. The van der Waals surface area contributed by atoms with Gasteiger partial charge in [-0.05, 0) is 37.8 Å². The topological polar surface area (TPSA) is 36.4 Å². The molecule has 2 fully saturated rings. The Morgan fingerprint density at radius 3 is 2.32 bits per heavy atom. The molecule has 4 unspecified atom stereocenters. The second-order valence-corrected chi connectivity index (χ2v) is 6.02. The van der Waals surface area contributed by atoms with Crippen molar-refractivity contribution in [3.05, 3.63) is 35.4 Å². The first-order valence-electron chi connectivity index (χ1n) is 7.61. The van der Waals surface area contributed by atoms with Crippen LogP contribution in [-0.4, -0.2) is 24.6 Å². The average molecular weight is 421 g/mol. The lowest BCUT2D eigenvalue weighted by molar-refractivity contribution is 0.553. The van der Waals surface area contributed by atoms with Gasteiger partial charge in [-0.2, -0.15) is 0 Å². The van der Waals surface area contributed by atoms with Gasteiger partial charge in [0.25, 0.3) is 0 Å². The van der Waals surface area contributed by atoms with Crippen LogP contribution in [0.4, 0.5) is 8.78 Å². The minimum Gasteiger partial charge on any atom is -0.353 e. The van der Waals surface area contributed by atoms with E-state index in [1.807, 2.05) is 6.92 Å². The van der Waals surface area contributed by atoms with E-state index in [0.29, 0.717) is 18.5 Å². The number of hydrogen-bond acceptors (Lipinski definition) is 1. The number of guanidine groups is 1. The first kappa shape index (κ1) is 17.4. The van der Waals surface area contributed by atoms with E-state index >= 15 is 0 Å². The summed E-state index contributed by atoms with van der Waals surface area (Å²) in [6.45, 7) is 4.85. The second kappa shape index (κ2) is 7.10. The molecule has 2 saturated carbocycles. The molecular formula is C16H22F2IN3. The van der Waals surface area contributed by atoms with Crippen molar-refractivity contribution < 1.29 is 8.78 Å². The molecule has 0 aliphatic heterocycles. The molecule has 1 aromatic carbocycles. The van der Waals surface area contributed by atoms with Crippen molar-refractivity contribution in [2.75, 3.05) is 6.54 Å². The van der Waals surface area contributed by atoms with Crippen LogP contribution in [0.1, 0.15) is 38.2 Å². The molecular weight excluding hydrogens is 399 g/mol. The Bertz CT molecular complexity index is 544. The Labute approximate surface area is 147 Å². The highest BCUT2D eigenvalue weighted by atomic mass is 127. The van der Waals surface area contributed by atoms with Crippen LogP contribution < -0.4 is 10.6 Å². The summed E-state index contributed by atoms with van der Waals surface area (Å²) in [5.41, 5.74) is 0.200. The van der Waals surface area contributed by atoms with Gasteiger partial charge in [0.05, 0.1) is 0 Å². The largest absolute Gasteiger partial charge is 0.353 e. The number of benzene rings is 1. The molecule has 2 aliphatic rings. The van der Waals surface area contributed by atoms with Crippen LogP contribution in [0.15, 0.2) is 23.2 Å². The predicted molar refractivity (Wildman–Crippen MR) is 94.7 cm³/mol. The van der Waals surface area contributed by atoms with Crippen LogP contribution >= 0.6 is 24.0 Å². The van der Waals surface area contributed by atoms with Gasteiger partial charge in [-0.25, -0.2) is 8.78 Å². The van der Waals surface area contributed by atoms with Gasteiger partial charge in [0, 0.05) is 30.1 Å². The van der Waals surface area contributed by atoms with Crippen LogP contribution in [0.2, 0.25) is 0 Å². The van der Waals surface area contributed by atoms with Crippen molar-refractivity contribution in [1.29, 1.82) is 0 Å². The summed E-state index contributed by atoms with van der Waals surface area (Å²) in [4.78, 5) is 4.40. The molecule has 0 radical (unpaired) electrons. The first-order valence-corrected chi connectivity index (χ1v) is 7.61. The molecule has 3 rings (SSSR count). The fourth-order valence-electron chi connectivity index (χ4n) is 2.70. The molecule has 122 valence electrons. The van der Waals surface area contributed by atoms with Crippen molar-refractivity contribution in [3.8, 4) is 0 Å².